The van der Waals surface area contributed by atoms with Gasteiger partial charge in [-0.15, -0.1) is 0 Å². The van der Waals surface area contributed by atoms with Gasteiger partial charge in [0.25, 0.3) is 0 Å². The van der Waals surface area contributed by atoms with E-state index in [0.717, 1.165) is 25.8 Å². The number of carbonyl (C=O) groups is 1. The van der Waals surface area contributed by atoms with Crippen LogP contribution < -0.4 is 0 Å². The number of hydrogen-bond acceptors (Lipinski definition) is 3. The van der Waals surface area contributed by atoms with E-state index in [0.29, 0.717) is 19.1 Å². The molecule has 0 atom stereocenters. The van der Waals surface area contributed by atoms with Crippen molar-refractivity contribution in [1.29, 1.82) is 0 Å². The third kappa shape index (κ3) is 8.43. The molecule has 0 unspecified atom stereocenters. The summed E-state index contributed by atoms with van der Waals surface area (Å²) in [6, 6.07) is 0.607. The van der Waals surface area contributed by atoms with Crippen molar-refractivity contribution in [3.8, 4) is 0 Å². The predicted molar refractivity (Wildman–Crippen MR) is 62.9 cm³/mol. The van der Waals surface area contributed by atoms with Crippen molar-refractivity contribution >= 4 is 5.97 Å². The maximum atomic E-state index is 11.0. The molecular weight excluding hydrogens is 190 g/mol. The number of rotatable bonds is 8. The lowest BCUT2D eigenvalue weighted by molar-refractivity contribution is -0.143. The second-order valence-electron chi connectivity index (χ2n) is 4.19. The zero-order valence-electron chi connectivity index (χ0n) is 10.6. The third-order valence-corrected chi connectivity index (χ3v) is 2.58. The maximum absolute atomic E-state index is 11.0. The first-order chi connectivity index (χ1) is 7.07. The molecule has 3 nitrogen and oxygen atoms in total. The minimum atomic E-state index is -0.0604. The molecule has 0 heterocycles. The molecule has 90 valence electrons. The molecule has 0 aromatic heterocycles. The zero-order valence-corrected chi connectivity index (χ0v) is 10.6. The van der Waals surface area contributed by atoms with Crippen molar-refractivity contribution in [2.45, 2.75) is 52.5 Å². The van der Waals surface area contributed by atoms with Gasteiger partial charge in [0.1, 0.15) is 0 Å². The van der Waals surface area contributed by atoms with Gasteiger partial charge in [0.05, 0.1) is 6.61 Å². The highest BCUT2D eigenvalue weighted by molar-refractivity contribution is 5.69. The summed E-state index contributed by atoms with van der Waals surface area (Å²) in [4.78, 5) is 13.3. The van der Waals surface area contributed by atoms with Crippen LogP contribution in [0.25, 0.3) is 0 Å². The lowest BCUT2D eigenvalue weighted by Crippen LogP contribution is -2.27. The summed E-state index contributed by atoms with van der Waals surface area (Å²) < 4.78 is 4.86. The van der Waals surface area contributed by atoms with Crippen LogP contribution in [0.5, 0.6) is 0 Å². The highest BCUT2D eigenvalue weighted by atomic mass is 16.5. The van der Waals surface area contributed by atoms with Crippen LogP contribution in [0.2, 0.25) is 0 Å². The van der Waals surface area contributed by atoms with Gasteiger partial charge in [0.2, 0.25) is 0 Å². The summed E-state index contributed by atoms with van der Waals surface area (Å²) in [6.07, 6.45) is 3.79. The predicted octanol–water partition coefficient (Wildman–Crippen LogP) is 2.45. The number of nitrogens with zero attached hydrogens (tertiary/aromatic N) is 1. The normalized spacial score (nSPS) is 11.1. The Bertz CT molecular complexity index is 169. The molecule has 0 saturated carbocycles. The van der Waals surface area contributed by atoms with Crippen LogP contribution in [0, 0.1) is 0 Å². The summed E-state index contributed by atoms with van der Waals surface area (Å²) in [5.74, 6) is -0.0604. The Morgan fingerprint density at radius 1 is 1.27 bits per heavy atom. The van der Waals surface area contributed by atoms with Gasteiger partial charge in [0.15, 0.2) is 0 Å². The van der Waals surface area contributed by atoms with Crippen LogP contribution >= 0.6 is 0 Å². The first-order valence-corrected chi connectivity index (χ1v) is 5.93. The standard InChI is InChI=1S/C12H25NO2/c1-5-15-12(14)9-7-6-8-10-13(4)11(2)3/h11H,5-10H2,1-4H3. The van der Waals surface area contributed by atoms with E-state index in [1.54, 1.807) is 0 Å². The Morgan fingerprint density at radius 3 is 2.47 bits per heavy atom. The van der Waals surface area contributed by atoms with Gasteiger partial charge in [-0.1, -0.05) is 6.42 Å². The summed E-state index contributed by atoms with van der Waals surface area (Å²) in [7, 11) is 2.13. The molecule has 0 aliphatic rings. The second-order valence-corrected chi connectivity index (χ2v) is 4.19. The van der Waals surface area contributed by atoms with E-state index in [1.807, 2.05) is 6.92 Å². The van der Waals surface area contributed by atoms with Crippen molar-refractivity contribution in [2.75, 3.05) is 20.2 Å². The van der Waals surface area contributed by atoms with Crippen molar-refractivity contribution in [1.82, 2.24) is 4.90 Å². The highest BCUT2D eigenvalue weighted by Gasteiger charge is 2.03. The summed E-state index contributed by atoms with van der Waals surface area (Å²) in [5, 5.41) is 0. The van der Waals surface area contributed by atoms with Crippen molar-refractivity contribution in [2.24, 2.45) is 0 Å². The van der Waals surface area contributed by atoms with Gasteiger partial charge >= 0.3 is 5.97 Å². The van der Waals surface area contributed by atoms with Crippen LogP contribution in [0.1, 0.15) is 46.5 Å². The molecule has 15 heavy (non-hydrogen) atoms. The summed E-state index contributed by atoms with van der Waals surface area (Å²) in [6.45, 7) is 7.84. The van der Waals surface area contributed by atoms with Gasteiger partial charge in [-0.25, -0.2) is 0 Å². The average molecular weight is 215 g/mol. The second kappa shape index (κ2) is 8.72. The van der Waals surface area contributed by atoms with Gasteiger partial charge in [0, 0.05) is 12.5 Å². The van der Waals surface area contributed by atoms with E-state index >= 15 is 0 Å². The average Bonchev–Trinajstić information content (AvgIpc) is 2.17. The Morgan fingerprint density at radius 2 is 1.93 bits per heavy atom. The Kier molecular flexibility index (Phi) is 8.38. The number of hydrogen-bond donors (Lipinski definition) is 0. The van der Waals surface area contributed by atoms with E-state index in [2.05, 4.69) is 25.8 Å². The molecule has 0 N–H and O–H groups in total. The molecule has 0 spiro atoms. The summed E-state index contributed by atoms with van der Waals surface area (Å²) >= 11 is 0. The van der Waals surface area contributed by atoms with Crippen LogP contribution in [0.15, 0.2) is 0 Å². The molecule has 0 saturated heterocycles. The molecule has 0 bridgehead atoms. The van der Waals surface area contributed by atoms with E-state index in [-0.39, 0.29) is 5.97 Å². The van der Waals surface area contributed by atoms with Crippen molar-refractivity contribution < 1.29 is 9.53 Å². The van der Waals surface area contributed by atoms with Crippen LogP contribution in [-0.2, 0) is 9.53 Å². The highest BCUT2D eigenvalue weighted by Crippen LogP contribution is 2.04. The fourth-order valence-corrected chi connectivity index (χ4v) is 1.30. The molecule has 0 fully saturated rings. The fourth-order valence-electron chi connectivity index (χ4n) is 1.30. The largest absolute Gasteiger partial charge is 0.466 e. The van der Waals surface area contributed by atoms with Crippen LogP contribution in [-0.4, -0.2) is 37.1 Å². The molecule has 0 aromatic rings. The molecule has 0 amide bonds. The van der Waals surface area contributed by atoms with E-state index in [1.165, 1.54) is 0 Å². The molecular formula is C12H25NO2. The molecule has 0 aliphatic heterocycles. The van der Waals surface area contributed by atoms with Gasteiger partial charge < -0.3 is 9.64 Å². The van der Waals surface area contributed by atoms with Gasteiger partial charge in [-0.05, 0) is 47.2 Å². The first kappa shape index (κ1) is 14.4. The fraction of sp³-hybridized carbons (Fsp3) is 0.917. The number of carbonyl (C=O) groups excluding carboxylic acids is 1. The van der Waals surface area contributed by atoms with Crippen molar-refractivity contribution in [3.63, 3.8) is 0 Å². The molecule has 0 aliphatic carbocycles. The van der Waals surface area contributed by atoms with Gasteiger partial charge in [-0.3, -0.25) is 4.79 Å². The SMILES string of the molecule is CCOC(=O)CCCCCN(C)C(C)C. The Labute approximate surface area is 93.8 Å². The number of ether oxygens (including phenoxy) is 1. The Hall–Kier alpha value is -0.570. The van der Waals surface area contributed by atoms with E-state index in [9.17, 15) is 4.79 Å². The first-order valence-electron chi connectivity index (χ1n) is 5.93. The molecule has 0 radical (unpaired) electrons. The van der Waals surface area contributed by atoms with Crippen molar-refractivity contribution in [3.05, 3.63) is 0 Å². The summed E-state index contributed by atoms with van der Waals surface area (Å²) in [5.41, 5.74) is 0. The van der Waals surface area contributed by atoms with Crippen LogP contribution in [0.3, 0.4) is 0 Å². The smallest absolute Gasteiger partial charge is 0.305 e. The van der Waals surface area contributed by atoms with E-state index in [4.69, 9.17) is 4.74 Å². The monoisotopic (exact) mass is 215 g/mol. The zero-order chi connectivity index (χ0) is 11.7. The maximum Gasteiger partial charge on any atom is 0.305 e. The lowest BCUT2D eigenvalue weighted by Gasteiger charge is -2.20. The Balaban J connectivity index is 3.28. The topological polar surface area (TPSA) is 29.5 Å². The van der Waals surface area contributed by atoms with E-state index < -0.39 is 0 Å². The minimum Gasteiger partial charge on any atom is -0.466 e. The van der Waals surface area contributed by atoms with Crippen LogP contribution in [0.4, 0.5) is 0 Å². The van der Waals surface area contributed by atoms with Gasteiger partial charge in [-0.2, -0.15) is 0 Å². The minimum absolute atomic E-state index is 0.0604. The molecule has 3 heteroatoms. The molecule has 0 aromatic carbocycles. The lowest BCUT2D eigenvalue weighted by atomic mass is 10.2. The number of esters is 1. The quantitative estimate of drug-likeness (QED) is 0.460. The number of unbranched alkanes of at least 4 members (excludes halogenated alkanes) is 2. The molecule has 0 rings (SSSR count). The third-order valence-electron chi connectivity index (χ3n) is 2.58.